The molecule has 2 aromatic carbocycles. The lowest BCUT2D eigenvalue weighted by Crippen LogP contribution is -2.36. The molecule has 0 amide bonds. The molecule has 7 heteroatoms. The molecular weight excluding hydrogens is 379 g/mol. The highest BCUT2D eigenvalue weighted by Crippen LogP contribution is 2.37. The molecule has 0 unspecified atom stereocenters. The summed E-state index contributed by atoms with van der Waals surface area (Å²) < 4.78 is 41.3. The van der Waals surface area contributed by atoms with E-state index < -0.39 is 23.0 Å². The van der Waals surface area contributed by atoms with E-state index in [0.717, 1.165) is 23.0 Å². The summed E-state index contributed by atoms with van der Waals surface area (Å²) in [6.07, 6.45) is -3.14. The van der Waals surface area contributed by atoms with E-state index >= 15 is 0 Å². The molecule has 3 rings (SSSR count). The molecule has 1 heterocycles. The van der Waals surface area contributed by atoms with Crippen LogP contribution in [0.4, 0.5) is 18.9 Å². The van der Waals surface area contributed by atoms with Gasteiger partial charge >= 0.3 is 6.18 Å². The Morgan fingerprint density at radius 3 is 2.52 bits per heavy atom. The molecule has 4 nitrogen and oxygen atoms in total. The highest BCUT2D eigenvalue weighted by atomic mass is 19.4. The van der Waals surface area contributed by atoms with Crippen LogP contribution >= 0.6 is 0 Å². The zero-order chi connectivity index (χ0) is 21.4. The maximum Gasteiger partial charge on any atom is 0.407 e. The number of aromatic nitrogens is 1. The van der Waals surface area contributed by atoms with Crippen LogP contribution in [0.3, 0.4) is 0 Å². The van der Waals surface area contributed by atoms with Gasteiger partial charge in [0.05, 0.1) is 29.3 Å². The molecule has 0 saturated heterocycles. The lowest BCUT2D eigenvalue weighted by Gasteiger charge is -2.27. The number of halogens is 3. The summed E-state index contributed by atoms with van der Waals surface area (Å²) in [5.41, 5.74) is -1.09. The van der Waals surface area contributed by atoms with Crippen molar-refractivity contribution in [1.29, 1.82) is 5.26 Å². The molecule has 0 fully saturated rings. The first kappa shape index (κ1) is 20.2. The lowest BCUT2D eigenvalue weighted by molar-refractivity contribution is -0.137. The van der Waals surface area contributed by atoms with Gasteiger partial charge in [-0.05, 0) is 43.7 Å². The number of nitrogens with zero attached hydrogens (tertiary/aromatic N) is 3. The quantitative estimate of drug-likeness (QED) is 0.538. The van der Waals surface area contributed by atoms with E-state index in [9.17, 15) is 18.0 Å². The zero-order valence-electron chi connectivity index (χ0n) is 15.7. The minimum absolute atomic E-state index is 0.200. The molecule has 1 aromatic heterocycles. The number of benzene rings is 2. The van der Waals surface area contributed by atoms with Crippen molar-refractivity contribution in [2.24, 2.45) is 0 Å². The highest BCUT2D eigenvalue weighted by Gasteiger charge is 2.35. The van der Waals surface area contributed by atoms with Gasteiger partial charge in [0.1, 0.15) is 0 Å². The predicted octanol–water partition coefficient (Wildman–Crippen LogP) is 5.63. The number of fused-ring (bicyclic) bond motifs is 1. The van der Waals surface area contributed by atoms with Crippen LogP contribution in [0.5, 0.6) is 0 Å². The van der Waals surface area contributed by atoms with Crippen molar-refractivity contribution in [3.63, 3.8) is 0 Å². The molecule has 146 valence electrons. The summed E-state index contributed by atoms with van der Waals surface area (Å²) in [6.45, 7) is 10.3. The van der Waals surface area contributed by atoms with Gasteiger partial charge in [-0.2, -0.15) is 18.4 Å². The van der Waals surface area contributed by atoms with Crippen LogP contribution in [0.2, 0.25) is 0 Å². The molecule has 29 heavy (non-hydrogen) atoms. The minimum atomic E-state index is -4.66. The Kier molecular flexibility index (Phi) is 4.94. The van der Waals surface area contributed by atoms with Crippen molar-refractivity contribution in [3.05, 3.63) is 76.8 Å². The van der Waals surface area contributed by atoms with Crippen molar-refractivity contribution in [2.45, 2.75) is 32.0 Å². The fourth-order valence-electron chi connectivity index (χ4n) is 3.25. The Bertz CT molecular complexity index is 1190. The van der Waals surface area contributed by atoms with Gasteiger partial charge in [0.2, 0.25) is 0 Å². The van der Waals surface area contributed by atoms with E-state index in [1.54, 1.807) is 48.9 Å². The molecule has 0 spiro atoms. The number of alkyl halides is 3. The smallest absolute Gasteiger partial charge is 0.335 e. The molecule has 0 bridgehead atoms. The van der Waals surface area contributed by atoms with Crippen molar-refractivity contribution in [2.75, 3.05) is 0 Å². The first-order valence-corrected chi connectivity index (χ1v) is 8.70. The average molecular weight is 395 g/mol. The van der Waals surface area contributed by atoms with Crippen LogP contribution in [0.15, 0.2) is 48.7 Å². The van der Waals surface area contributed by atoms with Crippen molar-refractivity contribution < 1.29 is 18.0 Å². The van der Waals surface area contributed by atoms with Gasteiger partial charge in [0.25, 0.3) is 0 Å². The number of hydrogen-bond acceptors (Lipinski definition) is 2. The summed E-state index contributed by atoms with van der Waals surface area (Å²) >= 11 is 0. The van der Waals surface area contributed by atoms with Crippen molar-refractivity contribution in [1.82, 2.24) is 4.57 Å². The number of ketones is 1. The average Bonchev–Trinajstić information content (AvgIpc) is 3.11. The third-order valence-corrected chi connectivity index (χ3v) is 4.96. The fourth-order valence-corrected chi connectivity index (χ4v) is 3.25. The lowest BCUT2D eigenvalue weighted by atomic mass is 9.92. The second-order valence-corrected chi connectivity index (χ2v) is 7.19. The first-order chi connectivity index (χ1) is 13.6. The summed E-state index contributed by atoms with van der Waals surface area (Å²) in [5.74, 6) is -0.275. The Morgan fingerprint density at radius 1 is 1.17 bits per heavy atom. The van der Waals surface area contributed by atoms with Crippen LogP contribution in [0, 0.1) is 17.9 Å². The summed E-state index contributed by atoms with van der Waals surface area (Å²) in [4.78, 5) is 15.9. The Morgan fingerprint density at radius 2 is 1.90 bits per heavy atom. The third kappa shape index (κ3) is 3.72. The van der Waals surface area contributed by atoms with E-state index in [1.807, 2.05) is 0 Å². The van der Waals surface area contributed by atoms with Gasteiger partial charge in [0, 0.05) is 23.5 Å². The second-order valence-electron chi connectivity index (χ2n) is 7.19. The standard InChI is InChI=1S/C22H16F3N3O/c1-21(2,28-9-8-16-10-15(13-26)5-7-19(16)28)20(29)12-14-4-6-18(27-3)17(11-14)22(23,24)25/h4-11H,12H2,1-2H3. The summed E-state index contributed by atoms with van der Waals surface area (Å²) in [6, 6.07) is 12.3. The van der Waals surface area contributed by atoms with Gasteiger partial charge in [0.15, 0.2) is 11.5 Å². The van der Waals surface area contributed by atoms with Crippen LogP contribution in [-0.2, 0) is 22.9 Å². The molecule has 0 aliphatic carbocycles. The Balaban J connectivity index is 1.95. The van der Waals surface area contributed by atoms with E-state index in [-0.39, 0.29) is 17.8 Å². The molecule has 0 aliphatic rings. The largest absolute Gasteiger partial charge is 0.407 e. The van der Waals surface area contributed by atoms with Crippen LogP contribution in [0.25, 0.3) is 15.7 Å². The van der Waals surface area contributed by atoms with E-state index in [1.165, 1.54) is 6.07 Å². The normalized spacial score (nSPS) is 11.8. The number of nitriles is 1. The van der Waals surface area contributed by atoms with Crippen LogP contribution in [0.1, 0.15) is 30.5 Å². The minimum Gasteiger partial charge on any atom is -0.335 e. The molecule has 0 radical (unpaired) electrons. The van der Waals surface area contributed by atoms with E-state index in [4.69, 9.17) is 11.8 Å². The predicted molar refractivity (Wildman–Crippen MR) is 102 cm³/mol. The molecule has 0 saturated carbocycles. The zero-order valence-corrected chi connectivity index (χ0v) is 15.7. The van der Waals surface area contributed by atoms with Gasteiger partial charge in [-0.3, -0.25) is 4.79 Å². The Hall–Kier alpha value is -3.58. The van der Waals surface area contributed by atoms with Gasteiger partial charge < -0.3 is 4.57 Å². The van der Waals surface area contributed by atoms with Crippen molar-refractivity contribution in [3.8, 4) is 6.07 Å². The number of rotatable bonds is 4. The van der Waals surface area contributed by atoms with E-state index in [0.29, 0.717) is 5.56 Å². The first-order valence-electron chi connectivity index (χ1n) is 8.70. The number of hydrogen-bond donors (Lipinski definition) is 0. The number of Topliss-reactive ketones (excluding diaryl/α,β-unsaturated/α-hetero) is 1. The number of carbonyl (C=O) groups is 1. The monoisotopic (exact) mass is 395 g/mol. The van der Waals surface area contributed by atoms with Gasteiger partial charge in [-0.15, -0.1) is 0 Å². The molecular formula is C22H16F3N3O. The third-order valence-electron chi connectivity index (χ3n) is 4.96. The van der Waals surface area contributed by atoms with E-state index in [2.05, 4.69) is 10.9 Å². The maximum absolute atomic E-state index is 13.2. The molecule has 0 aliphatic heterocycles. The maximum atomic E-state index is 13.2. The molecule has 0 atom stereocenters. The highest BCUT2D eigenvalue weighted by molar-refractivity contribution is 5.91. The molecule has 3 aromatic rings. The van der Waals surface area contributed by atoms with Crippen molar-refractivity contribution >= 4 is 22.4 Å². The second kappa shape index (κ2) is 7.10. The van der Waals surface area contributed by atoms with Gasteiger partial charge in [-0.25, -0.2) is 4.85 Å². The van der Waals surface area contributed by atoms with Gasteiger partial charge in [-0.1, -0.05) is 18.2 Å². The topological polar surface area (TPSA) is 50.1 Å². The summed E-state index contributed by atoms with van der Waals surface area (Å²) in [5, 5.41) is 9.82. The van der Waals surface area contributed by atoms with Crippen LogP contribution in [-0.4, -0.2) is 10.4 Å². The molecule has 0 N–H and O–H groups in total. The Labute approximate surface area is 165 Å². The van der Waals surface area contributed by atoms with Crippen LogP contribution < -0.4 is 0 Å². The summed E-state index contributed by atoms with van der Waals surface area (Å²) in [7, 11) is 0. The SMILES string of the molecule is [C-]#[N+]c1ccc(CC(=O)C(C)(C)n2ccc3cc(C#N)ccc32)cc1C(F)(F)F. The fraction of sp³-hybridized carbons (Fsp3) is 0.227. The number of carbonyl (C=O) groups excluding carboxylic acids is 1.